The molecular formula is C18H20FNO2S. The van der Waals surface area contributed by atoms with E-state index in [-0.39, 0.29) is 11.7 Å². The maximum Gasteiger partial charge on any atom is 0.260 e. The van der Waals surface area contributed by atoms with Crippen LogP contribution in [0.25, 0.3) is 0 Å². The zero-order chi connectivity index (χ0) is 16.5. The molecular weight excluding hydrogens is 313 g/mol. The first-order chi connectivity index (χ1) is 11.1. The van der Waals surface area contributed by atoms with E-state index in [0.717, 1.165) is 17.1 Å². The van der Waals surface area contributed by atoms with Gasteiger partial charge in [-0.1, -0.05) is 18.2 Å². The number of halogens is 1. The maximum atomic E-state index is 12.8. The van der Waals surface area contributed by atoms with Crippen LogP contribution in [0.1, 0.15) is 13.3 Å². The highest BCUT2D eigenvalue weighted by Crippen LogP contribution is 2.18. The minimum absolute atomic E-state index is 0.124. The molecule has 2 rings (SSSR count). The molecule has 3 nitrogen and oxygen atoms in total. The van der Waals surface area contributed by atoms with Gasteiger partial charge in [-0.15, -0.1) is 11.8 Å². The van der Waals surface area contributed by atoms with E-state index in [1.165, 1.54) is 12.1 Å². The molecule has 5 heteroatoms. The number of benzene rings is 2. The van der Waals surface area contributed by atoms with Crippen molar-refractivity contribution in [3.05, 3.63) is 60.4 Å². The molecule has 0 radical (unpaired) electrons. The van der Waals surface area contributed by atoms with E-state index >= 15 is 0 Å². The smallest absolute Gasteiger partial charge is 0.260 e. The highest BCUT2D eigenvalue weighted by atomic mass is 32.2. The van der Waals surface area contributed by atoms with Crippen molar-refractivity contribution in [1.82, 2.24) is 5.32 Å². The quantitative estimate of drug-likeness (QED) is 0.588. The van der Waals surface area contributed by atoms with Crippen molar-refractivity contribution in [3.63, 3.8) is 0 Å². The van der Waals surface area contributed by atoms with E-state index < -0.39 is 6.10 Å². The van der Waals surface area contributed by atoms with E-state index in [4.69, 9.17) is 4.74 Å². The van der Waals surface area contributed by atoms with Gasteiger partial charge >= 0.3 is 0 Å². The molecule has 0 fully saturated rings. The van der Waals surface area contributed by atoms with Crippen molar-refractivity contribution in [2.24, 2.45) is 0 Å². The highest BCUT2D eigenvalue weighted by molar-refractivity contribution is 7.99. The number of thioether (sulfide) groups is 1. The van der Waals surface area contributed by atoms with Gasteiger partial charge < -0.3 is 10.1 Å². The number of ether oxygens (including phenoxy) is 1. The van der Waals surface area contributed by atoms with Gasteiger partial charge in [0.15, 0.2) is 6.10 Å². The lowest BCUT2D eigenvalue weighted by Crippen LogP contribution is -2.36. The van der Waals surface area contributed by atoms with Gasteiger partial charge in [0.1, 0.15) is 11.6 Å². The van der Waals surface area contributed by atoms with E-state index in [2.05, 4.69) is 5.32 Å². The van der Waals surface area contributed by atoms with Crippen LogP contribution in [-0.4, -0.2) is 24.3 Å². The second kappa shape index (κ2) is 9.20. The SMILES string of the molecule is CC(Oc1ccccc1)C(=O)NCCCSc1ccc(F)cc1. The monoisotopic (exact) mass is 333 g/mol. The Bertz CT molecular complexity index is 604. The zero-order valence-electron chi connectivity index (χ0n) is 13.0. The lowest BCUT2D eigenvalue weighted by Gasteiger charge is -2.14. The molecule has 1 N–H and O–H groups in total. The van der Waals surface area contributed by atoms with Crippen LogP contribution in [0.3, 0.4) is 0 Å². The summed E-state index contributed by atoms with van der Waals surface area (Å²) in [7, 11) is 0. The van der Waals surface area contributed by atoms with Crippen molar-refractivity contribution in [1.29, 1.82) is 0 Å². The molecule has 1 atom stereocenters. The average molecular weight is 333 g/mol. The Morgan fingerprint density at radius 2 is 1.87 bits per heavy atom. The Hall–Kier alpha value is -2.01. The third-order valence-corrected chi connectivity index (χ3v) is 4.23. The van der Waals surface area contributed by atoms with E-state index in [9.17, 15) is 9.18 Å². The first-order valence-corrected chi connectivity index (χ1v) is 8.51. The van der Waals surface area contributed by atoms with Crippen LogP contribution < -0.4 is 10.1 Å². The molecule has 0 spiro atoms. The van der Waals surface area contributed by atoms with E-state index in [1.54, 1.807) is 30.8 Å². The molecule has 0 aromatic heterocycles. The first-order valence-electron chi connectivity index (χ1n) is 7.53. The van der Waals surface area contributed by atoms with Crippen molar-refractivity contribution in [2.75, 3.05) is 12.3 Å². The molecule has 122 valence electrons. The summed E-state index contributed by atoms with van der Waals surface area (Å²) in [5, 5.41) is 2.86. The van der Waals surface area contributed by atoms with Gasteiger partial charge in [0, 0.05) is 11.4 Å². The van der Waals surface area contributed by atoms with Gasteiger partial charge in [0.25, 0.3) is 5.91 Å². The number of rotatable bonds is 8. The molecule has 0 heterocycles. The lowest BCUT2D eigenvalue weighted by atomic mass is 10.3. The molecule has 2 aromatic carbocycles. The number of carbonyl (C=O) groups excluding carboxylic acids is 1. The summed E-state index contributed by atoms with van der Waals surface area (Å²) in [6.45, 7) is 2.32. The van der Waals surface area contributed by atoms with Gasteiger partial charge in [-0.05, 0) is 55.5 Å². The standard InChI is InChI=1S/C18H20FNO2S/c1-14(22-16-6-3-2-4-7-16)18(21)20-12-5-13-23-17-10-8-15(19)9-11-17/h2-4,6-11,14H,5,12-13H2,1H3,(H,20,21). The second-order valence-electron chi connectivity index (χ2n) is 5.02. The van der Waals surface area contributed by atoms with Gasteiger partial charge in [-0.2, -0.15) is 0 Å². The predicted molar refractivity (Wildman–Crippen MR) is 91.3 cm³/mol. The van der Waals surface area contributed by atoms with Gasteiger partial charge in [-0.3, -0.25) is 4.79 Å². The molecule has 0 aliphatic rings. The van der Waals surface area contributed by atoms with E-state index in [0.29, 0.717) is 12.3 Å². The largest absolute Gasteiger partial charge is 0.481 e. The van der Waals surface area contributed by atoms with Crippen LogP contribution >= 0.6 is 11.8 Å². The molecule has 0 saturated carbocycles. The fraction of sp³-hybridized carbons (Fsp3) is 0.278. The summed E-state index contributed by atoms with van der Waals surface area (Å²) in [6, 6.07) is 15.7. The number of nitrogens with one attached hydrogen (secondary N) is 1. The van der Waals surface area contributed by atoms with Crippen molar-refractivity contribution < 1.29 is 13.9 Å². The minimum Gasteiger partial charge on any atom is -0.481 e. The van der Waals surface area contributed by atoms with Crippen LogP contribution in [0.15, 0.2) is 59.5 Å². The number of amides is 1. The molecule has 0 bridgehead atoms. The molecule has 1 unspecified atom stereocenters. The number of hydrogen-bond donors (Lipinski definition) is 1. The lowest BCUT2D eigenvalue weighted by molar-refractivity contribution is -0.127. The molecule has 0 aliphatic carbocycles. The second-order valence-corrected chi connectivity index (χ2v) is 6.19. The number of para-hydroxylation sites is 1. The normalized spacial score (nSPS) is 11.7. The average Bonchev–Trinajstić information content (AvgIpc) is 2.57. The summed E-state index contributed by atoms with van der Waals surface area (Å²) in [6.07, 6.45) is 0.313. The van der Waals surface area contributed by atoms with Gasteiger partial charge in [0.05, 0.1) is 0 Å². The Morgan fingerprint density at radius 1 is 1.17 bits per heavy atom. The third-order valence-electron chi connectivity index (χ3n) is 3.13. The molecule has 0 saturated heterocycles. The summed E-state index contributed by atoms with van der Waals surface area (Å²) >= 11 is 1.64. The number of carbonyl (C=O) groups is 1. The topological polar surface area (TPSA) is 38.3 Å². The summed E-state index contributed by atoms with van der Waals surface area (Å²) < 4.78 is 18.3. The van der Waals surface area contributed by atoms with Crippen LogP contribution in [0, 0.1) is 5.82 Å². The molecule has 23 heavy (non-hydrogen) atoms. The molecule has 2 aromatic rings. The van der Waals surface area contributed by atoms with Crippen LogP contribution in [0.2, 0.25) is 0 Å². The predicted octanol–water partition coefficient (Wildman–Crippen LogP) is 3.89. The maximum absolute atomic E-state index is 12.8. The Labute approximate surface area is 140 Å². The Morgan fingerprint density at radius 3 is 2.57 bits per heavy atom. The van der Waals surface area contributed by atoms with E-state index in [1.807, 2.05) is 30.3 Å². The third kappa shape index (κ3) is 6.32. The summed E-state index contributed by atoms with van der Waals surface area (Å²) in [5.41, 5.74) is 0. The van der Waals surface area contributed by atoms with Crippen molar-refractivity contribution >= 4 is 17.7 Å². The van der Waals surface area contributed by atoms with Crippen LogP contribution in [-0.2, 0) is 4.79 Å². The summed E-state index contributed by atoms with van der Waals surface area (Å²) in [5.74, 6) is 1.19. The Balaban J connectivity index is 1.61. The van der Waals surface area contributed by atoms with Crippen LogP contribution in [0.4, 0.5) is 4.39 Å². The van der Waals surface area contributed by atoms with Crippen LogP contribution in [0.5, 0.6) is 5.75 Å². The minimum atomic E-state index is -0.526. The first kappa shape index (κ1) is 17.3. The molecule has 1 amide bonds. The van der Waals surface area contributed by atoms with Crippen molar-refractivity contribution in [3.8, 4) is 5.75 Å². The van der Waals surface area contributed by atoms with Gasteiger partial charge in [-0.25, -0.2) is 4.39 Å². The fourth-order valence-corrected chi connectivity index (χ4v) is 2.76. The summed E-state index contributed by atoms with van der Waals surface area (Å²) in [4.78, 5) is 13.0. The van der Waals surface area contributed by atoms with Gasteiger partial charge in [0.2, 0.25) is 0 Å². The Kier molecular flexibility index (Phi) is 6.94. The highest BCUT2D eigenvalue weighted by Gasteiger charge is 2.13. The number of hydrogen-bond acceptors (Lipinski definition) is 3. The molecule has 0 aliphatic heterocycles. The zero-order valence-corrected chi connectivity index (χ0v) is 13.8. The fourth-order valence-electron chi connectivity index (χ4n) is 1.91. The van der Waals surface area contributed by atoms with Crippen molar-refractivity contribution in [2.45, 2.75) is 24.3 Å².